The summed E-state index contributed by atoms with van der Waals surface area (Å²) in [5, 5.41) is 12.2. The summed E-state index contributed by atoms with van der Waals surface area (Å²) in [6, 6.07) is 0. The number of hydrogen-bond donors (Lipinski definition) is 1. The molecule has 1 aliphatic rings. The highest BCUT2D eigenvalue weighted by Crippen LogP contribution is 2.24. The number of aryl methyl sites for hydroxylation is 1. The molecule has 0 aliphatic carbocycles. The summed E-state index contributed by atoms with van der Waals surface area (Å²) in [7, 11) is 0. The molecule has 1 N–H and O–H groups in total. The lowest BCUT2D eigenvalue weighted by Crippen LogP contribution is -2.47. The van der Waals surface area contributed by atoms with E-state index in [1.165, 1.54) is 0 Å². The Kier molecular flexibility index (Phi) is 3.65. The first-order chi connectivity index (χ1) is 6.65. The minimum Gasteiger partial charge on any atom is -0.480 e. The van der Waals surface area contributed by atoms with Crippen LogP contribution in [0.1, 0.15) is 17.6 Å². The van der Waals surface area contributed by atoms with E-state index in [2.05, 4.69) is 10.1 Å². The third-order valence-corrected chi connectivity index (χ3v) is 2.21. The molecule has 84 valence electrons. The summed E-state index contributed by atoms with van der Waals surface area (Å²) in [5.74, 6) is 0.640. The maximum Gasteiger partial charge on any atom is 0.317 e. The second kappa shape index (κ2) is 4.59. The molecule has 1 aromatic rings. The van der Waals surface area contributed by atoms with E-state index in [1.807, 2.05) is 4.90 Å². The Morgan fingerprint density at radius 2 is 2.33 bits per heavy atom. The van der Waals surface area contributed by atoms with Gasteiger partial charge in [-0.15, -0.1) is 12.4 Å². The van der Waals surface area contributed by atoms with Gasteiger partial charge in [-0.05, 0) is 6.92 Å². The van der Waals surface area contributed by atoms with E-state index in [1.54, 1.807) is 6.92 Å². The number of carbonyl (C=O) groups is 1. The fourth-order valence-corrected chi connectivity index (χ4v) is 1.53. The molecule has 0 bridgehead atoms. The second-order valence-corrected chi connectivity index (χ2v) is 3.46. The Labute approximate surface area is 92.7 Å². The summed E-state index contributed by atoms with van der Waals surface area (Å²) < 4.78 is 4.99. The lowest BCUT2D eigenvalue weighted by molar-refractivity contribution is -0.139. The van der Waals surface area contributed by atoms with E-state index in [9.17, 15) is 4.79 Å². The molecule has 0 radical (unpaired) electrons. The van der Waals surface area contributed by atoms with Crippen LogP contribution in [0.4, 0.5) is 0 Å². The van der Waals surface area contributed by atoms with E-state index in [4.69, 9.17) is 9.63 Å². The molecule has 6 nitrogen and oxygen atoms in total. The smallest absolute Gasteiger partial charge is 0.317 e. The first-order valence-electron chi connectivity index (χ1n) is 4.39. The highest BCUT2D eigenvalue weighted by atomic mass is 35.5. The van der Waals surface area contributed by atoms with E-state index in [-0.39, 0.29) is 24.9 Å². The largest absolute Gasteiger partial charge is 0.480 e. The van der Waals surface area contributed by atoms with Crippen molar-refractivity contribution in [2.24, 2.45) is 0 Å². The van der Waals surface area contributed by atoms with Crippen LogP contribution in [0.5, 0.6) is 0 Å². The molecule has 15 heavy (non-hydrogen) atoms. The molecular weight excluding hydrogens is 222 g/mol. The van der Waals surface area contributed by atoms with Crippen molar-refractivity contribution in [2.45, 2.75) is 12.8 Å². The van der Waals surface area contributed by atoms with Gasteiger partial charge in [-0.2, -0.15) is 4.98 Å². The van der Waals surface area contributed by atoms with Crippen LogP contribution in [0.3, 0.4) is 0 Å². The summed E-state index contributed by atoms with van der Waals surface area (Å²) >= 11 is 0. The van der Waals surface area contributed by atoms with Gasteiger partial charge in [0.2, 0.25) is 5.89 Å². The maximum atomic E-state index is 10.4. The van der Waals surface area contributed by atoms with Crippen LogP contribution in [-0.2, 0) is 4.79 Å². The second-order valence-electron chi connectivity index (χ2n) is 3.46. The fraction of sp³-hybridized carbons (Fsp3) is 0.625. The van der Waals surface area contributed by atoms with Crippen molar-refractivity contribution in [1.82, 2.24) is 15.0 Å². The van der Waals surface area contributed by atoms with Gasteiger partial charge in [0.25, 0.3) is 0 Å². The SMILES string of the molecule is Cc1noc(C2CN(CC(=O)O)C2)n1.Cl. The molecule has 0 spiro atoms. The quantitative estimate of drug-likeness (QED) is 0.808. The summed E-state index contributed by atoms with van der Waals surface area (Å²) in [4.78, 5) is 16.3. The first kappa shape index (κ1) is 11.9. The Bertz CT molecular complexity index is 349. The summed E-state index contributed by atoms with van der Waals surface area (Å²) in [6.45, 7) is 3.23. The predicted octanol–water partition coefficient (Wildman–Crippen LogP) is 0.284. The Hall–Kier alpha value is -1.14. The minimum atomic E-state index is -0.801. The predicted molar refractivity (Wildman–Crippen MR) is 53.1 cm³/mol. The molecule has 0 atom stereocenters. The molecule has 2 heterocycles. The molecular formula is C8H12ClN3O3. The zero-order chi connectivity index (χ0) is 10.1. The molecule has 1 aromatic heterocycles. The molecule has 1 aliphatic heterocycles. The van der Waals surface area contributed by atoms with Crippen LogP contribution in [0.25, 0.3) is 0 Å². The van der Waals surface area contributed by atoms with Crippen molar-refractivity contribution in [3.8, 4) is 0 Å². The molecule has 0 unspecified atom stereocenters. The highest BCUT2D eigenvalue weighted by Gasteiger charge is 2.33. The van der Waals surface area contributed by atoms with Crippen LogP contribution < -0.4 is 0 Å². The van der Waals surface area contributed by atoms with E-state index in [0.29, 0.717) is 24.8 Å². The van der Waals surface area contributed by atoms with Crippen LogP contribution >= 0.6 is 12.4 Å². The number of carboxylic acids is 1. The fourth-order valence-electron chi connectivity index (χ4n) is 1.53. The number of carboxylic acid groups (broad SMARTS) is 1. The number of aromatic nitrogens is 2. The van der Waals surface area contributed by atoms with E-state index < -0.39 is 5.97 Å². The minimum absolute atomic E-state index is 0. The third-order valence-electron chi connectivity index (χ3n) is 2.21. The number of aliphatic carboxylic acids is 1. The van der Waals surface area contributed by atoms with Crippen molar-refractivity contribution in [2.75, 3.05) is 19.6 Å². The Balaban J connectivity index is 0.00000112. The van der Waals surface area contributed by atoms with Gasteiger partial charge >= 0.3 is 5.97 Å². The zero-order valence-electron chi connectivity index (χ0n) is 8.21. The monoisotopic (exact) mass is 233 g/mol. The molecule has 1 fully saturated rings. The van der Waals surface area contributed by atoms with Gasteiger partial charge in [0.05, 0.1) is 12.5 Å². The van der Waals surface area contributed by atoms with Gasteiger partial charge in [0.15, 0.2) is 5.82 Å². The van der Waals surface area contributed by atoms with E-state index >= 15 is 0 Å². The van der Waals surface area contributed by atoms with Crippen molar-refractivity contribution < 1.29 is 14.4 Å². The van der Waals surface area contributed by atoms with Gasteiger partial charge in [-0.1, -0.05) is 5.16 Å². The van der Waals surface area contributed by atoms with Gasteiger partial charge < -0.3 is 9.63 Å². The molecule has 2 rings (SSSR count). The normalized spacial score (nSPS) is 16.9. The van der Waals surface area contributed by atoms with Gasteiger partial charge in [0, 0.05) is 13.1 Å². The lowest BCUT2D eigenvalue weighted by atomic mass is 10.0. The molecule has 0 aromatic carbocycles. The number of rotatable bonds is 3. The van der Waals surface area contributed by atoms with Crippen LogP contribution in [0.2, 0.25) is 0 Å². The van der Waals surface area contributed by atoms with Gasteiger partial charge in [-0.3, -0.25) is 9.69 Å². The van der Waals surface area contributed by atoms with Crippen LogP contribution in [-0.4, -0.2) is 45.8 Å². The number of hydrogen-bond acceptors (Lipinski definition) is 5. The molecule has 1 saturated heterocycles. The molecule has 0 saturated carbocycles. The zero-order valence-corrected chi connectivity index (χ0v) is 9.03. The average Bonchev–Trinajstić information content (AvgIpc) is 2.42. The third kappa shape index (κ3) is 2.66. The Morgan fingerprint density at radius 1 is 1.67 bits per heavy atom. The molecule has 0 amide bonds. The first-order valence-corrected chi connectivity index (χ1v) is 4.39. The van der Waals surface area contributed by atoms with Crippen molar-refractivity contribution >= 4 is 18.4 Å². The van der Waals surface area contributed by atoms with Crippen molar-refractivity contribution in [3.63, 3.8) is 0 Å². The van der Waals surface area contributed by atoms with Crippen LogP contribution in [0.15, 0.2) is 4.52 Å². The van der Waals surface area contributed by atoms with Gasteiger partial charge in [-0.25, -0.2) is 0 Å². The number of halogens is 1. The topological polar surface area (TPSA) is 79.5 Å². The lowest BCUT2D eigenvalue weighted by Gasteiger charge is -2.35. The molecule has 7 heteroatoms. The Morgan fingerprint density at radius 3 is 2.80 bits per heavy atom. The number of nitrogens with zero attached hydrogens (tertiary/aromatic N) is 3. The maximum absolute atomic E-state index is 10.4. The van der Waals surface area contributed by atoms with Crippen LogP contribution in [0, 0.1) is 6.92 Å². The summed E-state index contributed by atoms with van der Waals surface area (Å²) in [5.41, 5.74) is 0. The van der Waals surface area contributed by atoms with Gasteiger partial charge in [0.1, 0.15) is 0 Å². The summed E-state index contributed by atoms with van der Waals surface area (Å²) in [6.07, 6.45) is 0. The number of likely N-dealkylation sites (tertiary alicyclic amines) is 1. The standard InChI is InChI=1S/C8H11N3O3.ClH/c1-5-9-8(14-10-5)6-2-11(3-6)4-7(12)13;/h6H,2-4H2,1H3,(H,12,13);1H. The highest BCUT2D eigenvalue weighted by molar-refractivity contribution is 5.85. The average molecular weight is 234 g/mol. The van der Waals surface area contributed by atoms with Crippen molar-refractivity contribution in [3.05, 3.63) is 11.7 Å². The van der Waals surface area contributed by atoms with Crippen molar-refractivity contribution in [1.29, 1.82) is 0 Å². The van der Waals surface area contributed by atoms with E-state index in [0.717, 1.165) is 0 Å².